The molecule has 0 fully saturated rings. The van der Waals surface area contributed by atoms with Crippen molar-refractivity contribution in [2.75, 3.05) is 5.88 Å². The van der Waals surface area contributed by atoms with Gasteiger partial charge in [-0.1, -0.05) is 30.3 Å². The minimum Gasteiger partial charge on any atom is -0.363 e. The Balaban J connectivity index is 1.92. The van der Waals surface area contributed by atoms with Gasteiger partial charge in [-0.2, -0.15) is 0 Å². The SMILES string of the molecule is Fc1ccc(C2=NC(c3ccccc3)C(CCl)N2)cc1. The molecule has 0 radical (unpaired) electrons. The Labute approximate surface area is 122 Å². The number of nitrogens with zero attached hydrogens (tertiary/aromatic N) is 1. The first-order valence-corrected chi connectivity index (χ1v) is 7.02. The third kappa shape index (κ3) is 2.54. The van der Waals surface area contributed by atoms with E-state index in [4.69, 9.17) is 16.6 Å². The van der Waals surface area contributed by atoms with Crippen molar-refractivity contribution in [3.05, 3.63) is 71.5 Å². The number of aliphatic imine (C=N–C) groups is 1. The first-order chi connectivity index (χ1) is 9.78. The number of benzene rings is 2. The van der Waals surface area contributed by atoms with Gasteiger partial charge in [-0.3, -0.25) is 4.99 Å². The third-order valence-corrected chi connectivity index (χ3v) is 3.73. The van der Waals surface area contributed by atoms with Gasteiger partial charge >= 0.3 is 0 Å². The summed E-state index contributed by atoms with van der Waals surface area (Å²) >= 11 is 6.03. The van der Waals surface area contributed by atoms with Gasteiger partial charge in [0.1, 0.15) is 11.7 Å². The zero-order chi connectivity index (χ0) is 13.9. The van der Waals surface area contributed by atoms with E-state index in [1.54, 1.807) is 12.1 Å². The first kappa shape index (κ1) is 13.1. The first-order valence-electron chi connectivity index (χ1n) is 6.49. The molecule has 4 heteroatoms. The van der Waals surface area contributed by atoms with Crippen LogP contribution < -0.4 is 5.32 Å². The van der Waals surface area contributed by atoms with Gasteiger partial charge in [0, 0.05) is 11.4 Å². The second-order valence-corrected chi connectivity index (χ2v) is 5.05. The van der Waals surface area contributed by atoms with E-state index in [2.05, 4.69) is 5.32 Å². The van der Waals surface area contributed by atoms with Gasteiger partial charge in [-0.05, 0) is 29.8 Å². The molecule has 0 saturated heterocycles. The van der Waals surface area contributed by atoms with Crippen LogP contribution in [0.4, 0.5) is 4.39 Å². The van der Waals surface area contributed by atoms with Crippen molar-refractivity contribution in [1.82, 2.24) is 5.32 Å². The quantitative estimate of drug-likeness (QED) is 0.859. The molecule has 0 aliphatic carbocycles. The second-order valence-electron chi connectivity index (χ2n) is 4.75. The molecule has 0 saturated carbocycles. The van der Waals surface area contributed by atoms with Crippen LogP contribution in [0.1, 0.15) is 17.2 Å². The highest BCUT2D eigenvalue weighted by Crippen LogP contribution is 2.27. The van der Waals surface area contributed by atoms with Crippen LogP contribution >= 0.6 is 11.6 Å². The standard InChI is InChI=1S/C16H14ClFN2/c17-10-14-15(11-4-2-1-3-5-11)20-16(19-14)12-6-8-13(18)9-7-12/h1-9,14-15H,10H2,(H,19,20). The Bertz CT molecular complexity index is 610. The highest BCUT2D eigenvalue weighted by molar-refractivity contribution is 6.18. The lowest BCUT2D eigenvalue weighted by atomic mass is 10.0. The van der Waals surface area contributed by atoms with Crippen LogP contribution in [-0.4, -0.2) is 17.8 Å². The molecule has 102 valence electrons. The average Bonchev–Trinajstić information content (AvgIpc) is 2.93. The summed E-state index contributed by atoms with van der Waals surface area (Å²) < 4.78 is 13.0. The van der Waals surface area contributed by atoms with Crippen LogP contribution in [0.5, 0.6) is 0 Å². The predicted molar refractivity (Wildman–Crippen MR) is 79.8 cm³/mol. The summed E-state index contributed by atoms with van der Waals surface area (Å²) in [4.78, 5) is 4.71. The molecule has 2 atom stereocenters. The lowest BCUT2D eigenvalue weighted by molar-refractivity contribution is 0.593. The summed E-state index contributed by atoms with van der Waals surface area (Å²) in [5, 5.41) is 3.32. The minimum absolute atomic E-state index is 0.00578. The molecular formula is C16H14ClFN2. The fourth-order valence-electron chi connectivity index (χ4n) is 2.37. The van der Waals surface area contributed by atoms with E-state index in [1.807, 2.05) is 30.3 Å². The monoisotopic (exact) mass is 288 g/mol. The summed E-state index contributed by atoms with van der Waals surface area (Å²) in [5.41, 5.74) is 2.00. The van der Waals surface area contributed by atoms with E-state index < -0.39 is 0 Å². The van der Waals surface area contributed by atoms with Crippen molar-refractivity contribution in [2.45, 2.75) is 12.1 Å². The molecule has 0 bridgehead atoms. The molecule has 20 heavy (non-hydrogen) atoms. The van der Waals surface area contributed by atoms with Crippen LogP contribution in [0, 0.1) is 5.82 Å². The minimum atomic E-state index is -0.249. The zero-order valence-electron chi connectivity index (χ0n) is 10.8. The molecule has 0 spiro atoms. The van der Waals surface area contributed by atoms with Gasteiger partial charge < -0.3 is 5.32 Å². The van der Waals surface area contributed by atoms with E-state index in [-0.39, 0.29) is 17.9 Å². The fourth-order valence-corrected chi connectivity index (χ4v) is 2.61. The summed E-state index contributed by atoms with van der Waals surface area (Å²) in [7, 11) is 0. The Morgan fingerprint density at radius 3 is 2.40 bits per heavy atom. The Morgan fingerprint density at radius 1 is 1.05 bits per heavy atom. The molecule has 3 rings (SSSR count). The third-order valence-electron chi connectivity index (χ3n) is 3.40. The van der Waals surface area contributed by atoms with E-state index in [1.165, 1.54) is 12.1 Å². The van der Waals surface area contributed by atoms with Crippen LogP contribution in [0.3, 0.4) is 0 Å². The zero-order valence-corrected chi connectivity index (χ0v) is 11.5. The van der Waals surface area contributed by atoms with Crippen molar-refractivity contribution in [3.8, 4) is 0 Å². The molecule has 2 nitrogen and oxygen atoms in total. The lowest BCUT2D eigenvalue weighted by Crippen LogP contribution is -2.33. The highest BCUT2D eigenvalue weighted by atomic mass is 35.5. The number of alkyl halides is 1. The summed E-state index contributed by atoms with van der Waals surface area (Å²) in [6.45, 7) is 0. The van der Waals surface area contributed by atoms with E-state index in [0.29, 0.717) is 5.88 Å². The van der Waals surface area contributed by atoms with E-state index in [0.717, 1.165) is 17.0 Å². The Hall–Kier alpha value is -1.87. The maximum atomic E-state index is 13.0. The summed E-state index contributed by atoms with van der Waals surface area (Å²) in [6, 6.07) is 16.4. The van der Waals surface area contributed by atoms with Gasteiger partial charge in [-0.25, -0.2) is 4.39 Å². The van der Waals surface area contributed by atoms with Crippen LogP contribution in [0.2, 0.25) is 0 Å². The number of hydrogen-bond donors (Lipinski definition) is 1. The largest absolute Gasteiger partial charge is 0.363 e. The molecule has 1 aliphatic heterocycles. The maximum absolute atomic E-state index is 13.0. The molecule has 0 aromatic heterocycles. The number of rotatable bonds is 3. The second kappa shape index (κ2) is 5.63. The molecule has 1 heterocycles. The van der Waals surface area contributed by atoms with E-state index in [9.17, 15) is 4.39 Å². The number of amidine groups is 1. The molecule has 2 aromatic rings. The number of halogens is 2. The number of nitrogens with one attached hydrogen (secondary N) is 1. The molecule has 2 unspecified atom stereocenters. The van der Waals surface area contributed by atoms with Crippen molar-refractivity contribution in [2.24, 2.45) is 4.99 Å². The molecule has 0 amide bonds. The molecular weight excluding hydrogens is 275 g/mol. The molecule has 2 aromatic carbocycles. The smallest absolute Gasteiger partial charge is 0.129 e. The van der Waals surface area contributed by atoms with Gasteiger partial charge in [-0.15, -0.1) is 11.6 Å². The van der Waals surface area contributed by atoms with Gasteiger partial charge in [0.15, 0.2) is 0 Å². The van der Waals surface area contributed by atoms with Crippen LogP contribution in [-0.2, 0) is 0 Å². The lowest BCUT2D eigenvalue weighted by Gasteiger charge is -2.16. The topological polar surface area (TPSA) is 24.4 Å². The van der Waals surface area contributed by atoms with Gasteiger partial charge in [0.05, 0.1) is 12.1 Å². The van der Waals surface area contributed by atoms with Crippen molar-refractivity contribution in [1.29, 1.82) is 0 Å². The van der Waals surface area contributed by atoms with Crippen molar-refractivity contribution >= 4 is 17.4 Å². The molecule has 1 N–H and O–H groups in total. The Kier molecular flexibility index (Phi) is 3.70. The Morgan fingerprint density at radius 2 is 1.75 bits per heavy atom. The van der Waals surface area contributed by atoms with E-state index >= 15 is 0 Å². The van der Waals surface area contributed by atoms with Crippen LogP contribution in [0.25, 0.3) is 0 Å². The van der Waals surface area contributed by atoms with Gasteiger partial charge in [0.2, 0.25) is 0 Å². The highest BCUT2D eigenvalue weighted by Gasteiger charge is 2.29. The van der Waals surface area contributed by atoms with Gasteiger partial charge in [0.25, 0.3) is 0 Å². The normalized spacial score (nSPS) is 21.4. The number of hydrogen-bond acceptors (Lipinski definition) is 2. The van der Waals surface area contributed by atoms with Crippen molar-refractivity contribution in [3.63, 3.8) is 0 Å². The van der Waals surface area contributed by atoms with Crippen LogP contribution in [0.15, 0.2) is 59.6 Å². The predicted octanol–water partition coefficient (Wildman–Crippen LogP) is 3.52. The average molecular weight is 289 g/mol. The van der Waals surface area contributed by atoms with Crippen molar-refractivity contribution < 1.29 is 4.39 Å². The fraction of sp³-hybridized carbons (Fsp3) is 0.188. The molecule has 1 aliphatic rings. The maximum Gasteiger partial charge on any atom is 0.129 e. The summed E-state index contributed by atoms with van der Waals surface area (Å²) in [5.74, 6) is 0.985. The summed E-state index contributed by atoms with van der Waals surface area (Å²) in [6.07, 6.45) is 0.